The van der Waals surface area contributed by atoms with E-state index in [4.69, 9.17) is 0 Å². The molecule has 5 rings (SSSR count). The second-order valence-electron chi connectivity index (χ2n) is 8.72. The van der Waals surface area contributed by atoms with Crippen molar-refractivity contribution in [2.45, 2.75) is 26.4 Å². The first kappa shape index (κ1) is 22.5. The standard InChI is InChI=1S/C28H25FN4O2/c1-19-6-5-9-21(14-19)16-32-17-24-27(23-15-22(29)10-11-25(23)32)31-33(28(24)35)18-26(34)30-13-12-20-7-3-2-4-8-20/h2-11,14-15,17H,12-13,16,18H2,1H3,(H,30,34). The SMILES string of the molecule is Cc1cccc(Cn2cc3c(=O)n(CC(=O)NCCc4ccccc4)nc-3c3cc(F)ccc32)c1. The minimum Gasteiger partial charge on any atom is -0.354 e. The van der Waals surface area contributed by atoms with Crippen molar-refractivity contribution in [3.05, 3.63) is 112 Å². The Hall–Kier alpha value is -4.26. The lowest BCUT2D eigenvalue weighted by atomic mass is 10.1. The summed E-state index contributed by atoms with van der Waals surface area (Å²) in [6.45, 7) is 2.80. The second-order valence-corrected chi connectivity index (χ2v) is 8.72. The molecule has 3 aromatic rings. The molecule has 0 unspecified atom stereocenters. The van der Waals surface area contributed by atoms with Gasteiger partial charge >= 0.3 is 0 Å². The number of amides is 1. The first-order valence-electron chi connectivity index (χ1n) is 11.5. The molecular formula is C28H25FN4O2. The van der Waals surface area contributed by atoms with Gasteiger partial charge in [-0.05, 0) is 42.7 Å². The Kier molecular flexibility index (Phi) is 6.14. The number of benzene rings is 3. The van der Waals surface area contributed by atoms with Gasteiger partial charge in [-0.1, -0.05) is 60.2 Å². The van der Waals surface area contributed by atoms with Crippen molar-refractivity contribution in [1.82, 2.24) is 19.7 Å². The molecule has 176 valence electrons. The van der Waals surface area contributed by atoms with E-state index < -0.39 is 5.82 Å². The maximum atomic E-state index is 14.2. The summed E-state index contributed by atoms with van der Waals surface area (Å²) >= 11 is 0. The van der Waals surface area contributed by atoms with E-state index >= 15 is 0 Å². The number of fused-ring (bicyclic) bond motifs is 3. The summed E-state index contributed by atoms with van der Waals surface area (Å²) in [6.07, 6.45) is 2.44. The van der Waals surface area contributed by atoms with E-state index in [1.165, 1.54) is 12.1 Å². The molecule has 0 aliphatic carbocycles. The quantitative estimate of drug-likeness (QED) is 0.390. The molecule has 7 heteroatoms. The molecule has 0 bridgehead atoms. The van der Waals surface area contributed by atoms with E-state index in [0.29, 0.717) is 36.2 Å². The average molecular weight is 469 g/mol. The molecule has 1 amide bonds. The maximum absolute atomic E-state index is 14.2. The van der Waals surface area contributed by atoms with Gasteiger partial charge in [0.15, 0.2) is 0 Å². The largest absolute Gasteiger partial charge is 0.354 e. The summed E-state index contributed by atoms with van der Waals surface area (Å²) in [4.78, 5) is 25.7. The molecule has 0 fully saturated rings. The third-order valence-corrected chi connectivity index (χ3v) is 6.06. The van der Waals surface area contributed by atoms with Crippen molar-refractivity contribution in [2.24, 2.45) is 0 Å². The molecule has 3 aromatic carbocycles. The average Bonchev–Trinajstić information content (AvgIpc) is 3.15. The summed E-state index contributed by atoms with van der Waals surface area (Å²) < 4.78 is 17.3. The highest BCUT2D eigenvalue weighted by Crippen LogP contribution is 2.28. The summed E-state index contributed by atoms with van der Waals surface area (Å²) in [5.74, 6) is -0.707. The van der Waals surface area contributed by atoms with Crippen LogP contribution in [0.25, 0.3) is 22.2 Å². The Balaban J connectivity index is 1.44. The Morgan fingerprint density at radius 2 is 1.80 bits per heavy atom. The highest BCUT2D eigenvalue weighted by Gasteiger charge is 2.21. The van der Waals surface area contributed by atoms with Crippen LogP contribution in [0.2, 0.25) is 0 Å². The lowest BCUT2D eigenvalue weighted by molar-refractivity contribution is -0.121. The Bertz CT molecular complexity index is 1540. The van der Waals surface area contributed by atoms with Crippen LogP contribution in [0.3, 0.4) is 0 Å². The lowest BCUT2D eigenvalue weighted by Gasteiger charge is -2.14. The molecule has 0 saturated heterocycles. The summed E-state index contributed by atoms with van der Waals surface area (Å²) in [5.41, 5.74) is 4.45. The second kappa shape index (κ2) is 9.54. The van der Waals surface area contributed by atoms with Crippen LogP contribution in [0.5, 0.6) is 0 Å². The number of nitrogens with one attached hydrogen (secondary N) is 1. The van der Waals surface area contributed by atoms with Crippen molar-refractivity contribution in [2.75, 3.05) is 6.54 Å². The van der Waals surface area contributed by atoms with E-state index in [0.717, 1.165) is 26.9 Å². The summed E-state index contributed by atoms with van der Waals surface area (Å²) in [5, 5.41) is 7.79. The highest BCUT2D eigenvalue weighted by atomic mass is 19.1. The van der Waals surface area contributed by atoms with Gasteiger partial charge in [-0.3, -0.25) is 9.59 Å². The van der Waals surface area contributed by atoms with Crippen LogP contribution in [0, 0.1) is 12.7 Å². The fourth-order valence-electron chi connectivity index (χ4n) is 4.38. The Morgan fingerprint density at radius 3 is 2.60 bits per heavy atom. The van der Waals surface area contributed by atoms with Gasteiger partial charge in [-0.15, -0.1) is 0 Å². The van der Waals surface area contributed by atoms with Gasteiger partial charge in [-0.2, -0.15) is 5.10 Å². The van der Waals surface area contributed by atoms with Crippen molar-refractivity contribution in [3.8, 4) is 11.3 Å². The molecule has 0 atom stereocenters. The predicted molar refractivity (Wildman–Crippen MR) is 134 cm³/mol. The van der Waals surface area contributed by atoms with Gasteiger partial charge in [-0.25, -0.2) is 9.07 Å². The number of carbonyl (C=O) groups is 1. The number of pyridine rings is 1. The van der Waals surface area contributed by atoms with Crippen molar-refractivity contribution in [1.29, 1.82) is 0 Å². The zero-order valence-electron chi connectivity index (χ0n) is 19.4. The zero-order valence-corrected chi connectivity index (χ0v) is 19.4. The third kappa shape index (κ3) is 4.84. The first-order chi connectivity index (χ1) is 17.0. The minimum atomic E-state index is -0.409. The normalized spacial score (nSPS) is 11.3. The number of aryl methyl sites for hydroxylation is 1. The van der Waals surface area contributed by atoms with Gasteiger partial charge in [0.1, 0.15) is 18.1 Å². The fourth-order valence-corrected chi connectivity index (χ4v) is 4.38. The van der Waals surface area contributed by atoms with Gasteiger partial charge in [0.2, 0.25) is 5.91 Å². The molecule has 0 aromatic heterocycles. The number of hydrogen-bond acceptors (Lipinski definition) is 3. The van der Waals surface area contributed by atoms with Crippen LogP contribution in [-0.2, 0) is 24.3 Å². The molecule has 2 heterocycles. The predicted octanol–water partition coefficient (Wildman–Crippen LogP) is 4.16. The van der Waals surface area contributed by atoms with Crippen LogP contribution in [0.15, 0.2) is 83.8 Å². The Morgan fingerprint density at radius 1 is 1.00 bits per heavy atom. The maximum Gasteiger partial charge on any atom is 0.278 e. The lowest BCUT2D eigenvalue weighted by Crippen LogP contribution is -2.32. The Labute approximate surface area is 202 Å². The van der Waals surface area contributed by atoms with E-state index in [-0.39, 0.29) is 18.0 Å². The first-order valence-corrected chi connectivity index (χ1v) is 11.5. The number of carbonyl (C=O) groups excluding carboxylic acids is 1. The van der Waals surface area contributed by atoms with Crippen LogP contribution in [-0.4, -0.2) is 26.8 Å². The van der Waals surface area contributed by atoms with Gasteiger partial charge in [0.25, 0.3) is 5.56 Å². The molecule has 35 heavy (non-hydrogen) atoms. The minimum absolute atomic E-state index is 0.197. The van der Waals surface area contributed by atoms with Crippen LogP contribution in [0.1, 0.15) is 16.7 Å². The topological polar surface area (TPSA) is 68.9 Å². The smallest absolute Gasteiger partial charge is 0.278 e. The molecule has 0 radical (unpaired) electrons. The fraction of sp³-hybridized carbons (Fsp3) is 0.179. The van der Waals surface area contributed by atoms with Gasteiger partial charge in [0.05, 0.1) is 11.1 Å². The monoisotopic (exact) mass is 468 g/mol. The molecule has 6 nitrogen and oxygen atoms in total. The number of hydrogen-bond donors (Lipinski definition) is 1. The van der Waals surface area contributed by atoms with Crippen LogP contribution < -0.4 is 10.9 Å². The van der Waals surface area contributed by atoms with E-state index in [1.54, 1.807) is 12.3 Å². The van der Waals surface area contributed by atoms with Gasteiger partial charge < -0.3 is 9.88 Å². The number of rotatable bonds is 7. The van der Waals surface area contributed by atoms with Crippen LogP contribution >= 0.6 is 0 Å². The van der Waals surface area contributed by atoms with Crippen molar-refractivity contribution < 1.29 is 9.18 Å². The molecule has 1 N–H and O–H groups in total. The number of halogens is 1. The molecular weight excluding hydrogens is 443 g/mol. The molecule has 0 spiro atoms. The highest BCUT2D eigenvalue weighted by molar-refractivity contribution is 5.93. The van der Waals surface area contributed by atoms with Crippen molar-refractivity contribution in [3.63, 3.8) is 0 Å². The third-order valence-electron chi connectivity index (χ3n) is 6.06. The molecule has 2 aliphatic heterocycles. The molecule has 0 saturated carbocycles. The molecule has 2 aliphatic rings. The number of nitrogens with zero attached hydrogens (tertiary/aromatic N) is 3. The number of aromatic nitrogens is 3. The summed E-state index contributed by atoms with van der Waals surface area (Å²) in [6, 6.07) is 22.4. The van der Waals surface area contributed by atoms with E-state index in [9.17, 15) is 14.0 Å². The van der Waals surface area contributed by atoms with Crippen molar-refractivity contribution >= 4 is 16.8 Å². The summed E-state index contributed by atoms with van der Waals surface area (Å²) in [7, 11) is 0. The van der Waals surface area contributed by atoms with E-state index in [1.807, 2.05) is 60.0 Å². The van der Waals surface area contributed by atoms with E-state index in [2.05, 4.69) is 16.5 Å². The zero-order chi connectivity index (χ0) is 24.4. The van der Waals surface area contributed by atoms with Gasteiger partial charge in [0, 0.05) is 24.7 Å². The van der Waals surface area contributed by atoms with Crippen LogP contribution in [0.4, 0.5) is 4.39 Å².